The van der Waals surface area contributed by atoms with Gasteiger partial charge in [0.25, 0.3) is 0 Å². The number of anilines is 1. The number of aromatic nitrogens is 3. The minimum atomic E-state index is 0.460. The van der Waals surface area contributed by atoms with E-state index in [1.54, 1.807) is 6.07 Å². The molecule has 0 unspecified atom stereocenters. The molecule has 0 saturated carbocycles. The van der Waals surface area contributed by atoms with Gasteiger partial charge in [-0.1, -0.05) is 11.6 Å². The quantitative estimate of drug-likeness (QED) is 0.645. The van der Waals surface area contributed by atoms with Crippen molar-refractivity contribution in [3.05, 3.63) is 38.9 Å². The maximum atomic E-state index is 6.01. The predicted molar refractivity (Wildman–Crippen MR) is 81.5 cm³/mol. The van der Waals surface area contributed by atoms with Crippen LogP contribution in [0.3, 0.4) is 0 Å². The summed E-state index contributed by atoms with van der Waals surface area (Å²) in [4.78, 5) is 11.8. The van der Waals surface area contributed by atoms with Crippen LogP contribution >= 0.6 is 34.2 Å². The molecular formula is C12H8ClIN4. The molecule has 2 heterocycles. The third kappa shape index (κ3) is 2.04. The Hall–Kier alpha value is -1.34. The third-order valence-corrected chi connectivity index (χ3v) is 3.73. The number of pyridine rings is 1. The normalized spacial score (nSPS) is 11.0. The Kier molecular flexibility index (Phi) is 2.87. The molecule has 3 aromatic rings. The van der Waals surface area contributed by atoms with Crippen LogP contribution in [-0.2, 0) is 0 Å². The monoisotopic (exact) mass is 370 g/mol. The molecule has 18 heavy (non-hydrogen) atoms. The van der Waals surface area contributed by atoms with Crippen LogP contribution in [0.5, 0.6) is 0 Å². The molecule has 0 aliphatic heterocycles. The fourth-order valence-corrected chi connectivity index (χ4v) is 2.48. The van der Waals surface area contributed by atoms with Crippen molar-refractivity contribution in [1.82, 2.24) is 15.0 Å². The van der Waals surface area contributed by atoms with Crippen molar-refractivity contribution in [3.8, 4) is 11.4 Å². The van der Waals surface area contributed by atoms with Gasteiger partial charge in [0.15, 0.2) is 5.65 Å². The first-order valence-corrected chi connectivity index (χ1v) is 6.67. The molecule has 0 radical (unpaired) electrons. The zero-order chi connectivity index (χ0) is 12.7. The van der Waals surface area contributed by atoms with Gasteiger partial charge >= 0.3 is 0 Å². The molecule has 0 aliphatic carbocycles. The molecule has 0 saturated heterocycles. The van der Waals surface area contributed by atoms with Crippen LogP contribution in [0.1, 0.15) is 0 Å². The molecule has 6 heteroatoms. The van der Waals surface area contributed by atoms with E-state index >= 15 is 0 Å². The lowest BCUT2D eigenvalue weighted by Crippen LogP contribution is -1.88. The molecule has 90 valence electrons. The number of rotatable bonds is 1. The van der Waals surface area contributed by atoms with Crippen LogP contribution in [-0.4, -0.2) is 15.0 Å². The second-order valence-electron chi connectivity index (χ2n) is 3.82. The van der Waals surface area contributed by atoms with Crippen LogP contribution in [0, 0.1) is 3.57 Å². The van der Waals surface area contributed by atoms with Crippen LogP contribution in [0.25, 0.3) is 22.6 Å². The number of nitrogens with one attached hydrogen (secondary N) is 1. The van der Waals surface area contributed by atoms with Crippen LogP contribution in [0.2, 0.25) is 5.02 Å². The standard InChI is InChI=1S/C12H8ClIN4/c13-6-1-2-8(14)7(5-6)11-16-9-3-4-10(15)17-12(9)18-11/h1-5H,(H3,15,16,17,18). The molecular weight excluding hydrogens is 363 g/mol. The smallest absolute Gasteiger partial charge is 0.180 e. The molecule has 3 rings (SSSR count). The number of halogens is 2. The Bertz CT molecular complexity index is 738. The summed E-state index contributed by atoms with van der Waals surface area (Å²) in [6.07, 6.45) is 0. The number of hydrogen-bond donors (Lipinski definition) is 2. The summed E-state index contributed by atoms with van der Waals surface area (Å²) in [5.74, 6) is 1.20. The summed E-state index contributed by atoms with van der Waals surface area (Å²) in [5, 5.41) is 0.679. The van der Waals surface area contributed by atoms with Crippen molar-refractivity contribution in [2.24, 2.45) is 0 Å². The van der Waals surface area contributed by atoms with E-state index in [-0.39, 0.29) is 0 Å². The van der Waals surface area contributed by atoms with E-state index in [9.17, 15) is 0 Å². The van der Waals surface area contributed by atoms with Gasteiger partial charge in [-0.2, -0.15) is 0 Å². The lowest BCUT2D eigenvalue weighted by Gasteiger charge is -2.00. The van der Waals surface area contributed by atoms with E-state index in [2.05, 4.69) is 37.5 Å². The van der Waals surface area contributed by atoms with Gasteiger partial charge in [0.2, 0.25) is 0 Å². The number of nitrogens with two attached hydrogens (primary N) is 1. The summed E-state index contributed by atoms with van der Waals surface area (Å²) >= 11 is 8.26. The zero-order valence-corrected chi connectivity index (χ0v) is 12.0. The molecule has 0 fully saturated rings. The molecule has 2 aromatic heterocycles. The largest absolute Gasteiger partial charge is 0.384 e. The highest BCUT2D eigenvalue weighted by molar-refractivity contribution is 14.1. The first-order valence-electron chi connectivity index (χ1n) is 5.21. The van der Waals surface area contributed by atoms with Gasteiger partial charge in [-0.05, 0) is 52.9 Å². The molecule has 1 aromatic carbocycles. The van der Waals surface area contributed by atoms with E-state index in [1.807, 2.05) is 24.3 Å². The number of aromatic amines is 1. The summed E-state index contributed by atoms with van der Waals surface area (Å²) in [6, 6.07) is 9.29. The number of H-pyrrole nitrogens is 1. The van der Waals surface area contributed by atoms with Gasteiger partial charge in [0, 0.05) is 14.2 Å². The lowest BCUT2D eigenvalue weighted by atomic mass is 10.2. The Morgan fingerprint density at radius 2 is 2.00 bits per heavy atom. The summed E-state index contributed by atoms with van der Waals surface area (Å²) in [7, 11) is 0. The van der Waals surface area contributed by atoms with Crippen molar-refractivity contribution >= 4 is 51.2 Å². The molecule has 0 amide bonds. The number of benzene rings is 1. The van der Waals surface area contributed by atoms with E-state index in [1.165, 1.54) is 0 Å². The summed E-state index contributed by atoms with van der Waals surface area (Å²) < 4.78 is 1.07. The Labute approximate surface area is 122 Å². The predicted octanol–water partition coefficient (Wildman–Crippen LogP) is 3.47. The molecule has 0 bridgehead atoms. The zero-order valence-electron chi connectivity index (χ0n) is 9.11. The molecule has 0 spiro atoms. The van der Waals surface area contributed by atoms with Gasteiger partial charge in [0.05, 0.1) is 5.52 Å². The van der Waals surface area contributed by atoms with Gasteiger partial charge in [-0.25, -0.2) is 9.97 Å². The van der Waals surface area contributed by atoms with E-state index in [4.69, 9.17) is 17.3 Å². The molecule has 0 atom stereocenters. The number of fused-ring (bicyclic) bond motifs is 1. The SMILES string of the molecule is Nc1ccc2[nH]c(-c3cc(Cl)ccc3I)nc2n1. The topological polar surface area (TPSA) is 67.6 Å². The first-order chi connectivity index (χ1) is 8.63. The minimum Gasteiger partial charge on any atom is -0.384 e. The van der Waals surface area contributed by atoms with Crippen LogP contribution in [0.15, 0.2) is 30.3 Å². The van der Waals surface area contributed by atoms with Crippen molar-refractivity contribution in [2.45, 2.75) is 0 Å². The number of hydrogen-bond acceptors (Lipinski definition) is 3. The maximum Gasteiger partial charge on any atom is 0.180 e. The summed E-state index contributed by atoms with van der Waals surface area (Å²) in [6.45, 7) is 0. The van der Waals surface area contributed by atoms with Gasteiger partial charge in [0.1, 0.15) is 11.6 Å². The maximum absolute atomic E-state index is 6.01. The van der Waals surface area contributed by atoms with E-state index in [0.717, 1.165) is 20.5 Å². The molecule has 3 N–H and O–H groups in total. The average molecular weight is 371 g/mol. The first kappa shape index (κ1) is 11.7. The second kappa shape index (κ2) is 4.40. The van der Waals surface area contributed by atoms with E-state index < -0.39 is 0 Å². The van der Waals surface area contributed by atoms with Crippen LogP contribution < -0.4 is 5.73 Å². The second-order valence-corrected chi connectivity index (χ2v) is 5.42. The Balaban J connectivity index is 2.22. The Morgan fingerprint density at radius 3 is 2.83 bits per heavy atom. The van der Waals surface area contributed by atoms with Gasteiger partial charge in [-0.15, -0.1) is 0 Å². The third-order valence-electron chi connectivity index (χ3n) is 2.55. The lowest BCUT2D eigenvalue weighted by molar-refractivity contribution is 1.30. The van der Waals surface area contributed by atoms with Crippen molar-refractivity contribution in [2.75, 3.05) is 5.73 Å². The minimum absolute atomic E-state index is 0.460. The highest BCUT2D eigenvalue weighted by atomic mass is 127. The van der Waals surface area contributed by atoms with Gasteiger partial charge < -0.3 is 10.7 Å². The molecule has 0 aliphatic rings. The summed E-state index contributed by atoms with van der Waals surface area (Å²) in [5.41, 5.74) is 8.06. The van der Waals surface area contributed by atoms with Crippen molar-refractivity contribution < 1.29 is 0 Å². The van der Waals surface area contributed by atoms with E-state index in [0.29, 0.717) is 16.5 Å². The van der Waals surface area contributed by atoms with Crippen molar-refractivity contribution in [1.29, 1.82) is 0 Å². The fourth-order valence-electron chi connectivity index (χ4n) is 1.71. The number of nitrogens with zero attached hydrogens (tertiary/aromatic N) is 2. The fraction of sp³-hybridized carbons (Fsp3) is 0. The van der Waals surface area contributed by atoms with Crippen molar-refractivity contribution in [3.63, 3.8) is 0 Å². The average Bonchev–Trinajstić information content (AvgIpc) is 2.74. The number of nitrogen functional groups attached to an aromatic ring is 1. The Morgan fingerprint density at radius 1 is 1.17 bits per heavy atom. The highest BCUT2D eigenvalue weighted by Gasteiger charge is 2.10. The van der Waals surface area contributed by atoms with Gasteiger partial charge in [-0.3, -0.25) is 0 Å². The molecule has 4 nitrogen and oxygen atoms in total. The van der Waals surface area contributed by atoms with Crippen LogP contribution in [0.4, 0.5) is 5.82 Å². The highest BCUT2D eigenvalue weighted by Crippen LogP contribution is 2.27. The number of imidazole rings is 1.